The van der Waals surface area contributed by atoms with E-state index in [-0.39, 0.29) is 47.9 Å². The van der Waals surface area contributed by atoms with Gasteiger partial charge in [0.2, 0.25) is 76.8 Å². The number of carbonyl (C=O) groups is 16. The lowest BCUT2D eigenvalue weighted by Gasteiger charge is -2.28. The summed E-state index contributed by atoms with van der Waals surface area (Å²) in [5.41, 5.74) is 10.7. The second-order valence-electron chi connectivity index (χ2n) is 32.9. The van der Waals surface area contributed by atoms with Crippen molar-refractivity contribution in [2.75, 3.05) is 76.0 Å². The van der Waals surface area contributed by atoms with Gasteiger partial charge in [-0.3, -0.25) is 87.1 Å². The van der Waals surface area contributed by atoms with E-state index in [2.05, 4.69) is 107 Å². The summed E-state index contributed by atoms with van der Waals surface area (Å²) in [6.07, 6.45) is -49.2. The Morgan fingerprint density at radius 2 is 0.683 bits per heavy atom. The van der Waals surface area contributed by atoms with Crippen molar-refractivity contribution in [3.63, 3.8) is 0 Å². The third-order valence-electron chi connectivity index (χ3n) is 21.6. The van der Waals surface area contributed by atoms with E-state index < -0.39 is 413 Å². The average molecular weight is 2100 g/mol. The number of rotatable bonds is 71. The fourth-order valence-electron chi connectivity index (χ4n) is 13.0. The van der Waals surface area contributed by atoms with Crippen molar-refractivity contribution in [2.24, 2.45) is 5.73 Å². The number of fused-ring (bicyclic) bond motifs is 1. The summed E-state index contributed by atoms with van der Waals surface area (Å²) >= 11 is 3.88. The Bertz CT molecular complexity index is 4800. The molecule has 2 heterocycles. The Balaban J connectivity index is 2.24. The van der Waals surface area contributed by atoms with Crippen LogP contribution in [0.1, 0.15) is 119 Å². The summed E-state index contributed by atoms with van der Waals surface area (Å²) < 4.78 is 0. The highest BCUT2D eigenvalue weighted by molar-refractivity contribution is 7.80. The van der Waals surface area contributed by atoms with Crippen molar-refractivity contribution in [1.29, 1.82) is 5.41 Å². The number of aromatic amines is 1. The number of carboxylic acids is 3. The maximum atomic E-state index is 15.2. The average Bonchev–Trinajstić information content (AvgIpc) is 0.807. The van der Waals surface area contributed by atoms with Crippen molar-refractivity contribution >= 4 is 136 Å². The van der Waals surface area contributed by atoms with Gasteiger partial charge in [-0.25, -0.2) is 14.8 Å². The van der Waals surface area contributed by atoms with Crippen molar-refractivity contribution in [2.45, 2.75) is 262 Å². The van der Waals surface area contributed by atoms with Crippen LogP contribution in [0.15, 0.2) is 35.3 Å². The van der Waals surface area contributed by atoms with E-state index in [1.807, 2.05) is 5.32 Å². The standard InChI is InChI=1S/C81H130N22O41S/c82-80(83)85-21-1-2-36(71(135)95-39(9-16-54(118)89-26-46(110)63(128)67(132)50(114)30-106)74(138)99-42(13-20-59(124)125)76(140)97-40(77(141)101-57(121)32-145)10-17-55(119)90-27-47(111)64(129)68(133)51(115)31-107)94-73(137)38(8-15-53(117)88-25-45(109)62(127)66(131)49(113)29-105)96-75(139)41(12-19-58(122)123)98-72(136)37(7-14-52(116)87-24-44(108)61(126)65(130)48(112)28-104)93-56(120)18-11-43(79(143)144)100-70(134)33-3-5-34(6-4-33)86-22-35-23-91-69-60(92-35)78(142)103-81(84)102-69/h3-6,23,36-51,57,61-68,86,104-115,121,126-133,145H,1-2,7-22,24-32H2,(H,87,116)(H,88,117)(H,89,118)(H,90,119)(H,93,120)(H,94,137)(H,95,135)(H,96,139)(H,97,140)(H,98,136)(H,99,138)(H,100,134)(H,101,141)(H,122,123)(H,124,125)(H,143,144)(H4,82,83,85)(H3,84,91,102,103,142)/t36-,37-,38-,39-,40-,41-,42-,43-,44-,45-,46-,47-,48+,49+,50+,51+,57+,61+,62+,63+,64+,65+,66+,67+,68+/m0/s1. The number of aliphatic hydroxyl groups excluding tert-OH is 21. The number of aromatic nitrogens is 4. The Hall–Kier alpha value is -12.7. The molecule has 45 N–H and O–H groups in total. The van der Waals surface area contributed by atoms with E-state index in [0.717, 1.165) is 0 Å². The predicted octanol–water partition coefficient (Wildman–Crippen LogP) is -20.0. The number of nitrogen functional groups attached to an aromatic ring is 1. The van der Waals surface area contributed by atoms with Crippen LogP contribution in [0.25, 0.3) is 11.2 Å². The maximum Gasteiger partial charge on any atom is 0.326 e. The number of carbonyl (C=O) groups excluding carboxylic acids is 13. The smallest absolute Gasteiger partial charge is 0.326 e. The lowest BCUT2D eigenvalue weighted by atomic mass is 10.0. The molecule has 25 atom stereocenters. The van der Waals surface area contributed by atoms with Crippen LogP contribution >= 0.6 is 12.6 Å². The molecule has 0 aliphatic carbocycles. The number of aliphatic hydroxyl groups is 21. The van der Waals surface area contributed by atoms with E-state index >= 15 is 9.59 Å². The monoisotopic (exact) mass is 2100 g/mol. The minimum Gasteiger partial charge on any atom is -0.481 e. The number of aliphatic carboxylic acids is 3. The first kappa shape index (κ1) is 126. The van der Waals surface area contributed by atoms with Gasteiger partial charge in [0.25, 0.3) is 11.5 Å². The number of nitrogens with two attached hydrogens (primary N) is 2. The third kappa shape index (κ3) is 45.7. The topological polar surface area (TPSA) is 1090 Å². The number of benzene rings is 1. The molecule has 63 nitrogen and oxygen atoms in total. The van der Waals surface area contributed by atoms with Crippen LogP contribution in [0.3, 0.4) is 0 Å². The molecule has 0 unspecified atom stereocenters. The van der Waals surface area contributed by atoms with E-state index in [1.54, 1.807) is 0 Å². The lowest BCUT2D eigenvalue weighted by molar-refractivity contribution is -0.140. The van der Waals surface area contributed by atoms with Gasteiger partial charge in [0.15, 0.2) is 17.1 Å². The van der Waals surface area contributed by atoms with Crippen LogP contribution in [0, 0.1) is 5.41 Å². The Morgan fingerprint density at radius 1 is 0.379 bits per heavy atom. The van der Waals surface area contributed by atoms with Gasteiger partial charge in [-0.15, -0.1) is 0 Å². The van der Waals surface area contributed by atoms with Crippen LogP contribution in [-0.2, 0) is 78.5 Å². The van der Waals surface area contributed by atoms with Crippen LogP contribution in [-0.4, -0.2) is 460 Å². The van der Waals surface area contributed by atoms with Gasteiger partial charge in [0.05, 0.1) is 69.3 Å². The zero-order valence-corrected chi connectivity index (χ0v) is 78.4. The second kappa shape index (κ2) is 65.0. The van der Waals surface area contributed by atoms with Gasteiger partial charge in [-0.1, -0.05) is 0 Å². The van der Waals surface area contributed by atoms with E-state index in [9.17, 15) is 189 Å². The number of thiol groups is 1. The second-order valence-corrected chi connectivity index (χ2v) is 33.3. The molecule has 0 saturated heterocycles. The molecule has 2 aromatic heterocycles. The van der Waals surface area contributed by atoms with Gasteiger partial charge in [0, 0.05) is 94.7 Å². The maximum absolute atomic E-state index is 15.2. The zero-order chi connectivity index (χ0) is 109. The fraction of sp³-hybridized carbons (Fsp3) is 0.642. The molecule has 816 valence electrons. The number of H-pyrrole nitrogens is 1. The van der Waals surface area contributed by atoms with Crippen molar-refractivity contribution in [3.05, 3.63) is 52.1 Å². The molecule has 0 fully saturated rings. The van der Waals surface area contributed by atoms with Crippen LogP contribution in [0.5, 0.6) is 0 Å². The summed E-state index contributed by atoms with van der Waals surface area (Å²) in [7, 11) is 0. The van der Waals surface area contributed by atoms with Crippen LogP contribution < -0.4 is 96.8 Å². The molecule has 0 saturated carbocycles. The zero-order valence-electron chi connectivity index (χ0n) is 77.5. The molecule has 1 aromatic carbocycles. The summed E-state index contributed by atoms with van der Waals surface area (Å²) in [5, 5.41) is 282. The molecule has 13 amide bonds. The van der Waals surface area contributed by atoms with E-state index in [1.165, 1.54) is 30.5 Å². The number of carboxylic acid groups (broad SMARTS) is 3. The predicted molar refractivity (Wildman–Crippen MR) is 492 cm³/mol. The number of hydrogen-bond acceptors (Lipinski definition) is 45. The van der Waals surface area contributed by atoms with E-state index in [4.69, 9.17) is 22.0 Å². The molecule has 0 aliphatic heterocycles. The van der Waals surface area contributed by atoms with E-state index in [0.29, 0.717) is 5.69 Å². The first-order valence-corrected chi connectivity index (χ1v) is 45.4. The highest BCUT2D eigenvalue weighted by Gasteiger charge is 2.40. The number of nitrogens with zero attached hydrogens (tertiary/aromatic N) is 3. The summed E-state index contributed by atoms with van der Waals surface area (Å²) in [6, 6.07) is -11.9. The van der Waals surface area contributed by atoms with Crippen LogP contribution in [0.4, 0.5) is 11.6 Å². The highest BCUT2D eigenvalue weighted by Crippen LogP contribution is 2.18. The highest BCUT2D eigenvalue weighted by atomic mass is 32.1. The van der Waals surface area contributed by atoms with Gasteiger partial charge in [0.1, 0.15) is 128 Å². The third-order valence-corrected chi connectivity index (χ3v) is 21.9. The number of hydrogen-bond donors (Lipinski definition) is 44. The number of guanidine groups is 1. The van der Waals surface area contributed by atoms with Crippen molar-refractivity contribution in [1.82, 2.24) is 94.4 Å². The summed E-state index contributed by atoms with van der Waals surface area (Å²) in [4.78, 5) is 249. The van der Waals surface area contributed by atoms with Gasteiger partial charge in [-0.2, -0.15) is 17.6 Å². The molecule has 145 heavy (non-hydrogen) atoms. The van der Waals surface area contributed by atoms with Crippen LogP contribution in [0.2, 0.25) is 0 Å². The molecular formula is C81H130N22O41S. The Morgan fingerprint density at radius 3 is 1.00 bits per heavy atom. The Labute approximate surface area is 827 Å². The molecule has 0 bridgehead atoms. The fourth-order valence-corrected chi connectivity index (χ4v) is 13.1. The summed E-state index contributed by atoms with van der Waals surface area (Å²) in [6.45, 7) is -8.68. The Kier molecular flexibility index (Phi) is 56.7. The normalized spacial score (nSPS) is 16.6. The van der Waals surface area contributed by atoms with Gasteiger partial charge >= 0.3 is 17.9 Å². The minimum atomic E-state index is -2.32. The number of nitrogens with one attached hydrogen (secondary N) is 17. The van der Waals surface area contributed by atoms with Crippen molar-refractivity contribution in [3.8, 4) is 0 Å². The van der Waals surface area contributed by atoms with Crippen molar-refractivity contribution < 1.29 is 199 Å². The molecule has 0 aliphatic rings. The SMILES string of the molecule is N=C(N)NCCC[C@H](NC(=O)[C@H](CCC(=O)NC[C@H](O)[C@@H](O)[C@H](O)[C@H](O)CO)NC(=O)[C@H](CCC(=O)O)NC(=O)[C@H](CCC(=O)NC[C@H](O)[C@@H](O)[C@H](O)[C@H](O)CO)NC(=O)CC[C@H](NC(=O)c1ccc(NCc2cnc3nc(N)[nH]c(=O)c3n2)cc1)C(=O)O)C(=O)N[C@@H](CCC(=O)NC[C@H](O)[C@@H](O)[C@H](O)[C@H](O)CO)C(=O)N[C@@H](CCC(=O)O)C(=O)N[C@@H](CCC(=O)NC[C@H](O)[C@@H](O)[C@H](O)[C@H](O)CO)C(=O)N[C@H](O)CS. The largest absolute Gasteiger partial charge is 0.481 e. The molecule has 0 spiro atoms. The first-order valence-electron chi connectivity index (χ1n) is 44.7. The minimum absolute atomic E-state index is 0.0252. The van der Waals surface area contributed by atoms with Gasteiger partial charge < -0.3 is 214 Å². The number of amides is 13. The molecule has 0 radical (unpaired) electrons. The lowest BCUT2D eigenvalue weighted by Crippen LogP contribution is -2.60. The van der Waals surface area contributed by atoms with Gasteiger partial charge in [-0.05, 0) is 82.1 Å². The molecular weight excluding hydrogens is 1970 g/mol. The summed E-state index contributed by atoms with van der Waals surface area (Å²) in [5.74, 6) is -24.0. The molecule has 3 rings (SSSR count). The number of anilines is 2. The molecule has 64 heteroatoms. The first-order chi connectivity index (χ1) is 68.2. The quantitative estimate of drug-likeness (QED) is 0.00820. The molecule has 3 aromatic rings.